The molecule has 2 unspecified atom stereocenters. The summed E-state index contributed by atoms with van der Waals surface area (Å²) in [6.07, 6.45) is -0.937. The number of ketones is 2. The van der Waals surface area contributed by atoms with Gasteiger partial charge in [0, 0.05) is 43.3 Å². The SMILES string of the molecule is CC[C@H]1OC(=O)[C@@](C)(F)C(=O)[C@H](C)[C@@H](O[C@@H]2O[C@H](C)CC(N(C)C)C2O)[C@](C)(OC)C[C@@H](C)C(=O)[C@H](C)[C@H]2N(CC#CCn3cc(-c4ncccn4)nn3)C(=O)O[C@]12C. The summed E-state index contributed by atoms with van der Waals surface area (Å²) in [6.45, 7) is 12.2. The number of alkyl halides is 1. The first kappa shape index (κ1) is 45.7. The van der Waals surface area contributed by atoms with Crippen LogP contribution in [0.3, 0.4) is 0 Å². The summed E-state index contributed by atoms with van der Waals surface area (Å²) in [6, 6.07) is 0.256. The third-order valence-corrected chi connectivity index (χ3v) is 12.1. The highest BCUT2D eigenvalue weighted by Gasteiger charge is 2.61. The molecule has 2 aromatic heterocycles. The molecule has 13 atom stereocenters. The summed E-state index contributed by atoms with van der Waals surface area (Å²) in [7, 11) is 5.00. The van der Waals surface area contributed by atoms with Crippen LogP contribution in [0.5, 0.6) is 0 Å². The summed E-state index contributed by atoms with van der Waals surface area (Å²) in [5.74, 6) is 0.249. The van der Waals surface area contributed by atoms with Crippen LogP contribution in [0.25, 0.3) is 11.5 Å². The number of amides is 1. The van der Waals surface area contributed by atoms with Crippen LogP contribution in [0.4, 0.5) is 9.18 Å². The van der Waals surface area contributed by atoms with E-state index >= 15 is 4.39 Å². The minimum atomic E-state index is -3.21. The molecule has 0 aliphatic carbocycles. The number of aromatic nitrogens is 5. The maximum atomic E-state index is 16.9. The predicted octanol–water partition coefficient (Wildman–Crippen LogP) is 3.03. The lowest BCUT2D eigenvalue weighted by molar-refractivity contribution is -0.295. The molecule has 0 saturated carbocycles. The molecule has 0 bridgehead atoms. The average Bonchev–Trinajstić information content (AvgIpc) is 3.78. The zero-order valence-electron chi connectivity index (χ0n) is 35.7. The number of rotatable bonds is 8. The molecule has 1 N–H and O–H groups in total. The van der Waals surface area contributed by atoms with E-state index in [0.717, 1.165) is 6.92 Å². The van der Waals surface area contributed by atoms with Crippen LogP contribution in [0.2, 0.25) is 0 Å². The third kappa shape index (κ3) is 9.19. The molecule has 0 aromatic carbocycles. The Morgan fingerprint density at radius 1 is 1.03 bits per heavy atom. The van der Waals surface area contributed by atoms with Gasteiger partial charge in [0.05, 0.1) is 36.6 Å². The molecule has 5 heterocycles. The van der Waals surface area contributed by atoms with Gasteiger partial charge in [0.1, 0.15) is 30.2 Å². The van der Waals surface area contributed by atoms with Crippen molar-refractivity contribution >= 4 is 23.6 Å². The van der Waals surface area contributed by atoms with E-state index in [4.69, 9.17) is 23.7 Å². The van der Waals surface area contributed by atoms with Gasteiger partial charge in [0.15, 0.2) is 23.5 Å². The van der Waals surface area contributed by atoms with Crippen LogP contribution < -0.4 is 0 Å². The monoisotopic (exact) mass is 827 g/mol. The van der Waals surface area contributed by atoms with E-state index in [9.17, 15) is 24.3 Å². The quantitative estimate of drug-likeness (QED) is 0.231. The molecule has 3 aliphatic rings. The molecule has 3 fully saturated rings. The van der Waals surface area contributed by atoms with Crippen molar-refractivity contribution in [2.75, 3.05) is 27.7 Å². The number of ether oxygens (including phenoxy) is 5. The van der Waals surface area contributed by atoms with E-state index in [0.29, 0.717) is 17.9 Å². The number of carbonyl (C=O) groups excluding carboxylic acids is 4. The molecule has 18 heteroatoms. The van der Waals surface area contributed by atoms with Gasteiger partial charge in [0.25, 0.3) is 5.67 Å². The maximum Gasteiger partial charge on any atom is 0.411 e. The summed E-state index contributed by atoms with van der Waals surface area (Å²) < 4.78 is 48.7. The van der Waals surface area contributed by atoms with Gasteiger partial charge in [-0.25, -0.2) is 28.6 Å². The zero-order chi connectivity index (χ0) is 43.6. The van der Waals surface area contributed by atoms with E-state index in [2.05, 4.69) is 32.1 Å². The van der Waals surface area contributed by atoms with Gasteiger partial charge < -0.3 is 33.7 Å². The number of carbonyl (C=O) groups is 4. The first-order chi connectivity index (χ1) is 27.7. The van der Waals surface area contributed by atoms with Gasteiger partial charge in [-0.15, -0.1) is 5.10 Å². The van der Waals surface area contributed by atoms with Gasteiger partial charge in [-0.05, 0) is 67.1 Å². The number of methoxy groups -OCH3 is 1. The molecule has 3 aliphatic heterocycles. The van der Waals surface area contributed by atoms with Gasteiger partial charge in [0.2, 0.25) is 0 Å². The average molecular weight is 828 g/mol. The Morgan fingerprint density at radius 3 is 2.32 bits per heavy atom. The highest BCUT2D eigenvalue weighted by atomic mass is 19.1. The molecule has 17 nitrogen and oxygen atoms in total. The lowest BCUT2D eigenvalue weighted by Crippen LogP contribution is -2.61. The van der Waals surface area contributed by atoms with E-state index in [1.54, 1.807) is 52.4 Å². The van der Waals surface area contributed by atoms with E-state index in [-0.39, 0.29) is 43.9 Å². The fraction of sp³-hybridized carbons (Fsp3) is 0.707. The van der Waals surface area contributed by atoms with E-state index in [1.807, 2.05) is 25.9 Å². The topological polar surface area (TPSA) is 198 Å². The Labute approximate surface area is 344 Å². The lowest BCUT2D eigenvalue weighted by Gasteiger charge is -2.47. The number of halogens is 1. The summed E-state index contributed by atoms with van der Waals surface area (Å²) in [4.78, 5) is 68.0. The van der Waals surface area contributed by atoms with Crippen molar-refractivity contribution < 1.29 is 52.4 Å². The van der Waals surface area contributed by atoms with Gasteiger partial charge in [-0.3, -0.25) is 14.5 Å². The second kappa shape index (κ2) is 18.1. The molecule has 59 heavy (non-hydrogen) atoms. The highest BCUT2D eigenvalue weighted by Crippen LogP contribution is 2.43. The van der Waals surface area contributed by atoms with Crippen LogP contribution >= 0.6 is 0 Å². The van der Waals surface area contributed by atoms with Crippen molar-refractivity contribution in [3.63, 3.8) is 0 Å². The Balaban J connectivity index is 1.50. The van der Waals surface area contributed by atoms with Crippen molar-refractivity contribution in [1.82, 2.24) is 34.8 Å². The molecule has 1 amide bonds. The largest absolute Gasteiger partial charge is 0.455 e. The molecule has 0 radical (unpaired) electrons. The summed E-state index contributed by atoms with van der Waals surface area (Å²) >= 11 is 0. The molecule has 3 saturated heterocycles. The summed E-state index contributed by atoms with van der Waals surface area (Å²) in [5, 5.41) is 19.6. The lowest BCUT2D eigenvalue weighted by atomic mass is 9.73. The minimum absolute atomic E-state index is 0.0389. The number of hydrogen-bond donors (Lipinski definition) is 1. The first-order valence-electron chi connectivity index (χ1n) is 20.0. The van der Waals surface area contributed by atoms with Gasteiger partial charge in [-0.1, -0.05) is 44.7 Å². The van der Waals surface area contributed by atoms with E-state index < -0.39 is 83.1 Å². The first-order valence-corrected chi connectivity index (χ1v) is 20.0. The number of Topliss-reactive ketones (excluding diaryl/α,β-unsaturated/α-hetero) is 2. The van der Waals surface area contributed by atoms with Crippen LogP contribution in [-0.2, 0) is 44.6 Å². The van der Waals surface area contributed by atoms with Crippen molar-refractivity contribution in [1.29, 1.82) is 0 Å². The smallest absolute Gasteiger partial charge is 0.411 e. The zero-order valence-corrected chi connectivity index (χ0v) is 35.7. The number of nitrogens with zero attached hydrogens (tertiary/aromatic N) is 7. The maximum absolute atomic E-state index is 16.9. The standard InChI is InChI=1S/C41H58FN7O10/c1-12-29-41(8)32(49(38(54)59-41)19-14-13-18-48-22-27(45-46-48)35-43-16-15-17-44-35)25(4)30(50)23(2)21-39(6,55-11)34(26(5)33(52)40(7,42)37(53)57-29)58-36-31(51)28(47(9)10)20-24(3)56-36/h15-17,22-26,28-29,31-32,34,36,51H,12,18-21H2,1-11H3/t23-,24-,25+,26+,28?,29-,31?,32-,34-,36+,39-,40+,41-/m1/s1. The van der Waals surface area contributed by atoms with Crippen molar-refractivity contribution in [2.24, 2.45) is 17.8 Å². The minimum Gasteiger partial charge on any atom is -0.455 e. The van der Waals surface area contributed by atoms with Crippen molar-refractivity contribution in [2.45, 2.75) is 141 Å². The van der Waals surface area contributed by atoms with Gasteiger partial charge in [-0.2, -0.15) is 0 Å². The highest BCUT2D eigenvalue weighted by molar-refractivity contribution is 6.08. The third-order valence-electron chi connectivity index (χ3n) is 12.1. The Morgan fingerprint density at radius 2 is 1.69 bits per heavy atom. The van der Waals surface area contributed by atoms with E-state index in [1.165, 1.54) is 30.5 Å². The number of esters is 1. The van der Waals surface area contributed by atoms with Crippen LogP contribution in [0.1, 0.15) is 74.7 Å². The van der Waals surface area contributed by atoms with Crippen LogP contribution in [-0.4, -0.2) is 151 Å². The molecular formula is C41H58FN7O10. The molecular weight excluding hydrogens is 769 g/mol. The second-order valence-electron chi connectivity index (χ2n) is 16.8. The van der Waals surface area contributed by atoms with Crippen molar-refractivity contribution in [3.05, 3.63) is 24.7 Å². The number of aliphatic hydroxyl groups excluding tert-OH is 1. The Kier molecular flexibility index (Phi) is 14.0. The molecule has 2 aromatic rings. The molecule has 0 spiro atoms. The number of cyclic esters (lactones) is 1. The summed E-state index contributed by atoms with van der Waals surface area (Å²) in [5.41, 5.74) is -5.92. The van der Waals surface area contributed by atoms with Crippen LogP contribution in [0.15, 0.2) is 24.7 Å². The number of fused-ring (bicyclic) bond motifs is 1. The fourth-order valence-corrected chi connectivity index (χ4v) is 8.83. The number of aliphatic hydroxyl groups is 1. The Bertz CT molecular complexity index is 1900. The predicted molar refractivity (Wildman–Crippen MR) is 209 cm³/mol. The number of likely N-dealkylation sites (N-methyl/N-ethyl adjacent to an activating group) is 1. The van der Waals surface area contributed by atoms with Crippen molar-refractivity contribution in [3.8, 4) is 23.4 Å². The molecule has 5 rings (SSSR count). The van der Waals surface area contributed by atoms with Gasteiger partial charge >= 0.3 is 12.1 Å². The fourth-order valence-electron chi connectivity index (χ4n) is 8.83. The number of hydrogen-bond acceptors (Lipinski definition) is 15. The second-order valence-corrected chi connectivity index (χ2v) is 16.8. The molecule has 324 valence electrons. The van der Waals surface area contributed by atoms with Crippen LogP contribution in [0, 0.1) is 29.6 Å². The normalized spacial score (nSPS) is 37.3. The Hall–Kier alpha value is -4.41.